The molecule has 1 aliphatic rings. The number of aryl methyl sites for hydroxylation is 2. The van der Waals surface area contributed by atoms with Crippen LogP contribution in [0, 0.1) is 26.7 Å². The van der Waals surface area contributed by atoms with E-state index >= 15 is 0 Å². The molecule has 0 amide bonds. The predicted octanol–water partition coefficient (Wildman–Crippen LogP) is 7.89. The summed E-state index contributed by atoms with van der Waals surface area (Å²) in [4.78, 5) is 18.3. The van der Waals surface area contributed by atoms with Gasteiger partial charge in [0.2, 0.25) is 0 Å². The molecular weight excluding hydrogens is 472 g/mol. The van der Waals surface area contributed by atoms with Gasteiger partial charge in [0.15, 0.2) is 6.10 Å². The lowest BCUT2D eigenvalue weighted by Crippen LogP contribution is -2.29. The molecule has 1 saturated carbocycles. The van der Waals surface area contributed by atoms with E-state index < -0.39 is 17.7 Å². The Morgan fingerprint density at radius 3 is 2.33 bits per heavy atom. The molecule has 3 aromatic rings. The van der Waals surface area contributed by atoms with Crippen LogP contribution in [0.25, 0.3) is 22.2 Å². The van der Waals surface area contributed by atoms with Gasteiger partial charge >= 0.3 is 5.97 Å². The average molecular weight is 511 g/mol. The Labute approximate surface area is 220 Å². The van der Waals surface area contributed by atoms with Crippen molar-refractivity contribution < 1.29 is 14.3 Å². The lowest BCUT2D eigenvalue weighted by molar-refractivity contribution is -0.164. The Morgan fingerprint density at radius 1 is 1.11 bits per heavy atom. The van der Waals surface area contributed by atoms with Crippen molar-refractivity contribution in [2.45, 2.75) is 91.9 Å². The zero-order chi connectivity index (χ0) is 26.2. The van der Waals surface area contributed by atoms with Crippen molar-refractivity contribution in [2.24, 2.45) is 5.92 Å². The van der Waals surface area contributed by atoms with Gasteiger partial charge in [-0.3, -0.25) is 0 Å². The largest absolute Gasteiger partial charge is 0.467 e. The number of pyridine rings is 1. The van der Waals surface area contributed by atoms with Gasteiger partial charge in [0.1, 0.15) is 5.65 Å². The number of ether oxygens (including phenoxy) is 2. The van der Waals surface area contributed by atoms with Gasteiger partial charge in [-0.15, -0.1) is 0 Å². The molecule has 1 aliphatic carbocycles. The second-order valence-corrected chi connectivity index (χ2v) is 11.6. The van der Waals surface area contributed by atoms with Crippen LogP contribution < -0.4 is 0 Å². The summed E-state index contributed by atoms with van der Waals surface area (Å²) in [7, 11) is 1.40. The van der Waals surface area contributed by atoms with E-state index in [0.717, 1.165) is 40.0 Å². The molecule has 0 unspecified atom stereocenters. The van der Waals surface area contributed by atoms with E-state index in [0.29, 0.717) is 10.9 Å². The van der Waals surface area contributed by atoms with Crippen LogP contribution in [0.15, 0.2) is 24.3 Å². The van der Waals surface area contributed by atoms with Crippen LogP contribution in [0.3, 0.4) is 0 Å². The molecule has 0 bridgehead atoms. The van der Waals surface area contributed by atoms with Gasteiger partial charge in [0.05, 0.1) is 12.7 Å². The van der Waals surface area contributed by atoms with Crippen LogP contribution in [0.5, 0.6) is 0 Å². The molecule has 5 nitrogen and oxygen atoms in total. The van der Waals surface area contributed by atoms with Gasteiger partial charge in [-0.1, -0.05) is 43.0 Å². The molecular formula is C30H39ClN2O3. The zero-order valence-corrected chi connectivity index (χ0v) is 23.5. The molecule has 36 heavy (non-hydrogen) atoms. The molecule has 194 valence electrons. The maximum atomic E-state index is 13.1. The summed E-state index contributed by atoms with van der Waals surface area (Å²) in [5.74, 6) is 0.237. The molecule has 1 aromatic carbocycles. The highest BCUT2D eigenvalue weighted by Gasteiger charge is 2.34. The molecule has 0 aliphatic heterocycles. The topological polar surface area (TPSA) is 53.4 Å². The van der Waals surface area contributed by atoms with Crippen molar-refractivity contribution in [1.29, 1.82) is 0 Å². The summed E-state index contributed by atoms with van der Waals surface area (Å²) in [6, 6.07) is 7.81. The van der Waals surface area contributed by atoms with Crippen molar-refractivity contribution in [3.63, 3.8) is 0 Å². The summed E-state index contributed by atoms with van der Waals surface area (Å²) in [6.45, 7) is 13.1. The Kier molecular flexibility index (Phi) is 7.82. The zero-order valence-electron chi connectivity index (χ0n) is 22.7. The monoisotopic (exact) mass is 510 g/mol. The third kappa shape index (κ3) is 5.33. The first-order valence-corrected chi connectivity index (χ1v) is 13.4. The van der Waals surface area contributed by atoms with Gasteiger partial charge in [-0.05, 0) is 83.6 Å². The smallest absolute Gasteiger partial charge is 0.339 e. The Hall–Kier alpha value is -2.37. The lowest BCUT2D eigenvalue weighted by atomic mass is 9.89. The van der Waals surface area contributed by atoms with Crippen LogP contribution in [-0.2, 0) is 20.8 Å². The number of carbonyl (C=O) groups is 1. The Balaban J connectivity index is 2.02. The first-order chi connectivity index (χ1) is 17.0. The number of esters is 1. The SMILES string of the molecule is COC(=O)[C@@H](OC(C)(C)C)c1c(C)nc2c(c(C)c(C)n2CC2CCCCC2)c1-c1ccc(Cl)cc1. The minimum Gasteiger partial charge on any atom is -0.467 e. The fourth-order valence-electron chi connectivity index (χ4n) is 5.57. The number of fused-ring (bicyclic) bond motifs is 1. The number of carbonyl (C=O) groups excluding carboxylic acids is 1. The number of halogens is 1. The van der Waals surface area contributed by atoms with Crippen molar-refractivity contribution in [3.05, 3.63) is 51.8 Å². The molecule has 6 heteroatoms. The fraction of sp³-hybridized carbons (Fsp3) is 0.533. The van der Waals surface area contributed by atoms with Crippen molar-refractivity contribution >= 4 is 28.6 Å². The third-order valence-electron chi connectivity index (χ3n) is 7.43. The Bertz CT molecular complexity index is 1250. The molecule has 2 aromatic heterocycles. The quantitative estimate of drug-likeness (QED) is 0.316. The van der Waals surface area contributed by atoms with E-state index in [-0.39, 0.29) is 0 Å². The van der Waals surface area contributed by atoms with Crippen LogP contribution in [-0.4, -0.2) is 28.2 Å². The van der Waals surface area contributed by atoms with Gasteiger partial charge in [-0.25, -0.2) is 9.78 Å². The van der Waals surface area contributed by atoms with E-state index in [1.807, 2.05) is 52.0 Å². The van der Waals surface area contributed by atoms with E-state index in [4.69, 9.17) is 26.1 Å². The summed E-state index contributed by atoms with van der Waals surface area (Å²) in [6.07, 6.45) is 5.58. The standard InChI is InChI=1S/C30H39ClN2O3/c1-18-20(3)33(17-21-11-9-8-10-12-21)28-24(18)26(22-13-15-23(31)16-14-22)25(19(2)32-28)27(29(34)35-7)36-30(4,5)6/h13-16,21,27H,8-12,17H2,1-7H3/t27-/m0/s1. The van der Waals surface area contributed by atoms with E-state index in [1.165, 1.54) is 50.5 Å². The highest BCUT2D eigenvalue weighted by Crippen LogP contribution is 2.43. The average Bonchev–Trinajstić information content (AvgIpc) is 3.06. The Morgan fingerprint density at radius 2 is 1.75 bits per heavy atom. The highest BCUT2D eigenvalue weighted by molar-refractivity contribution is 6.30. The number of rotatable bonds is 6. The molecule has 1 atom stereocenters. The van der Waals surface area contributed by atoms with Crippen molar-refractivity contribution in [2.75, 3.05) is 7.11 Å². The molecule has 1 fully saturated rings. The van der Waals surface area contributed by atoms with Crippen LogP contribution in [0.2, 0.25) is 5.02 Å². The number of aromatic nitrogens is 2. The first-order valence-electron chi connectivity index (χ1n) is 13.0. The van der Waals surface area contributed by atoms with Crippen LogP contribution >= 0.6 is 11.6 Å². The van der Waals surface area contributed by atoms with E-state index in [2.05, 4.69) is 18.4 Å². The van der Waals surface area contributed by atoms with Gasteiger partial charge in [0, 0.05) is 39.5 Å². The minimum atomic E-state index is -0.904. The third-order valence-corrected chi connectivity index (χ3v) is 7.68. The normalized spacial score (nSPS) is 15.9. The maximum Gasteiger partial charge on any atom is 0.339 e. The molecule has 4 rings (SSSR count). The predicted molar refractivity (Wildman–Crippen MR) is 147 cm³/mol. The fourth-order valence-corrected chi connectivity index (χ4v) is 5.70. The number of hydrogen-bond donors (Lipinski definition) is 0. The van der Waals surface area contributed by atoms with Crippen molar-refractivity contribution in [1.82, 2.24) is 9.55 Å². The van der Waals surface area contributed by atoms with E-state index in [1.54, 1.807) is 0 Å². The maximum absolute atomic E-state index is 13.1. The molecule has 0 radical (unpaired) electrons. The molecule has 2 heterocycles. The molecule has 0 N–H and O–H groups in total. The number of hydrogen-bond acceptors (Lipinski definition) is 4. The first kappa shape index (κ1) is 26.7. The van der Waals surface area contributed by atoms with Gasteiger partial charge in [-0.2, -0.15) is 0 Å². The number of nitrogens with zero attached hydrogens (tertiary/aromatic N) is 2. The number of methoxy groups -OCH3 is 1. The molecule has 0 saturated heterocycles. The summed E-state index contributed by atoms with van der Waals surface area (Å²) in [5.41, 5.74) is 6.29. The molecule has 0 spiro atoms. The van der Waals surface area contributed by atoms with Crippen LogP contribution in [0.4, 0.5) is 0 Å². The highest BCUT2D eigenvalue weighted by atomic mass is 35.5. The van der Waals surface area contributed by atoms with Gasteiger partial charge < -0.3 is 14.0 Å². The van der Waals surface area contributed by atoms with Crippen molar-refractivity contribution in [3.8, 4) is 11.1 Å². The second-order valence-electron chi connectivity index (χ2n) is 11.1. The van der Waals surface area contributed by atoms with Gasteiger partial charge in [0.25, 0.3) is 0 Å². The minimum absolute atomic E-state index is 0.430. The van der Waals surface area contributed by atoms with E-state index in [9.17, 15) is 4.79 Å². The number of benzene rings is 1. The summed E-state index contributed by atoms with van der Waals surface area (Å²) in [5, 5.41) is 1.73. The lowest BCUT2D eigenvalue weighted by Gasteiger charge is -2.29. The summed E-state index contributed by atoms with van der Waals surface area (Å²) >= 11 is 6.26. The summed E-state index contributed by atoms with van der Waals surface area (Å²) < 4.78 is 14.0. The van der Waals surface area contributed by atoms with Crippen LogP contribution in [0.1, 0.15) is 81.5 Å². The second kappa shape index (κ2) is 10.5.